The molecule has 0 heterocycles. The van der Waals surface area contributed by atoms with E-state index in [-0.39, 0.29) is 16.5 Å². The lowest BCUT2D eigenvalue weighted by atomic mass is 10.1. The van der Waals surface area contributed by atoms with Crippen LogP contribution in [-0.4, -0.2) is 15.9 Å². The number of phenols is 1. The molecule has 0 aromatic heterocycles. The van der Waals surface area contributed by atoms with Crippen molar-refractivity contribution in [3.05, 3.63) is 58.9 Å². The van der Waals surface area contributed by atoms with Crippen LogP contribution in [0.15, 0.2) is 47.6 Å². The van der Waals surface area contributed by atoms with Crippen molar-refractivity contribution in [3.63, 3.8) is 0 Å². The monoisotopic (exact) mass is 337 g/mol. The maximum atomic E-state index is 13.5. The van der Waals surface area contributed by atoms with Crippen LogP contribution in [0.1, 0.15) is 12.5 Å². The van der Waals surface area contributed by atoms with E-state index in [1.807, 2.05) is 0 Å². The smallest absolute Gasteiger partial charge is 0.191 e. The first-order chi connectivity index (χ1) is 10.5. The number of hydrazone groups is 1. The molecule has 3 N–H and O–H groups in total. The van der Waals surface area contributed by atoms with Gasteiger partial charge in [-0.05, 0) is 49.5 Å². The standard InChI is InChI=1S/C15H13ClFN3OS/c1-9(11-8-10(16)6-7-14(11)21)19-20-15(22)18-13-5-3-2-4-12(13)17/h2-8,21H,1H3,(H2,18,20,22)/b19-9+. The minimum absolute atomic E-state index is 0.0560. The third kappa shape index (κ3) is 4.16. The molecule has 0 aliphatic carbocycles. The number of rotatable bonds is 3. The zero-order chi connectivity index (χ0) is 16.1. The van der Waals surface area contributed by atoms with E-state index in [1.165, 1.54) is 12.1 Å². The number of phenolic OH excluding ortho intramolecular Hbond substituents is 1. The van der Waals surface area contributed by atoms with Crippen LogP contribution in [0.2, 0.25) is 5.02 Å². The van der Waals surface area contributed by atoms with Crippen molar-refractivity contribution >= 4 is 40.3 Å². The normalized spacial score (nSPS) is 11.1. The van der Waals surface area contributed by atoms with Gasteiger partial charge in [-0.1, -0.05) is 23.7 Å². The fraction of sp³-hybridized carbons (Fsp3) is 0.0667. The first-order valence-corrected chi connectivity index (χ1v) is 7.10. The number of hydrogen-bond acceptors (Lipinski definition) is 3. The van der Waals surface area contributed by atoms with E-state index in [9.17, 15) is 9.50 Å². The molecule has 0 unspecified atom stereocenters. The van der Waals surface area contributed by atoms with Crippen LogP contribution in [0.5, 0.6) is 5.75 Å². The molecule has 0 radical (unpaired) electrons. The first kappa shape index (κ1) is 16.2. The first-order valence-electron chi connectivity index (χ1n) is 6.32. The molecule has 114 valence electrons. The van der Waals surface area contributed by atoms with E-state index >= 15 is 0 Å². The van der Waals surface area contributed by atoms with Gasteiger partial charge in [-0.2, -0.15) is 5.10 Å². The van der Waals surface area contributed by atoms with Crippen molar-refractivity contribution in [2.24, 2.45) is 5.10 Å². The summed E-state index contributed by atoms with van der Waals surface area (Å²) in [6.07, 6.45) is 0. The van der Waals surface area contributed by atoms with E-state index in [1.54, 1.807) is 37.3 Å². The molecule has 0 saturated heterocycles. The summed E-state index contributed by atoms with van der Waals surface area (Å²) in [4.78, 5) is 0. The van der Waals surface area contributed by atoms with Gasteiger partial charge in [-0.25, -0.2) is 4.39 Å². The van der Waals surface area contributed by atoms with E-state index in [0.717, 1.165) is 0 Å². The van der Waals surface area contributed by atoms with Crippen LogP contribution in [0.4, 0.5) is 10.1 Å². The van der Waals surface area contributed by atoms with Crippen molar-refractivity contribution in [1.82, 2.24) is 5.43 Å². The summed E-state index contributed by atoms with van der Waals surface area (Å²) < 4.78 is 13.5. The number of nitrogens with zero attached hydrogens (tertiary/aromatic N) is 1. The van der Waals surface area contributed by atoms with Gasteiger partial charge in [0.2, 0.25) is 0 Å². The predicted molar refractivity (Wildman–Crippen MR) is 91.1 cm³/mol. The topological polar surface area (TPSA) is 56.7 Å². The summed E-state index contributed by atoms with van der Waals surface area (Å²) in [5.41, 5.74) is 3.80. The molecular weight excluding hydrogens is 325 g/mol. The molecule has 0 aliphatic rings. The summed E-state index contributed by atoms with van der Waals surface area (Å²) in [5, 5.41) is 17.1. The number of halogens is 2. The Balaban J connectivity index is 2.06. The molecular formula is C15H13ClFN3OS. The van der Waals surface area contributed by atoms with E-state index < -0.39 is 5.82 Å². The van der Waals surface area contributed by atoms with Crippen LogP contribution >= 0.6 is 23.8 Å². The summed E-state index contributed by atoms with van der Waals surface area (Å²) in [5.74, 6) is -0.361. The highest BCUT2D eigenvalue weighted by Crippen LogP contribution is 2.22. The van der Waals surface area contributed by atoms with E-state index in [0.29, 0.717) is 16.3 Å². The lowest BCUT2D eigenvalue weighted by molar-refractivity contribution is 0.474. The highest BCUT2D eigenvalue weighted by molar-refractivity contribution is 7.80. The Morgan fingerprint density at radius 2 is 2.00 bits per heavy atom. The summed E-state index contributed by atoms with van der Waals surface area (Å²) in [6.45, 7) is 1.68. The van der Waals surface area contributed by atoms with Crippen LogP contribution in [0.25, 0.3) is 0 Å². The minimum atomic E-state index is -0.417. The van der Waals surface area contributed by atoms with E-state index in [4.69, 9.17) is 23.8 Å². The highest BCUT2D eigenvalue weighted by Gasteiger charge is 2.06. The second-order valence-electron chi connectivity index (χ2n) is 4.40. The Kier molecular flexibility index (Phi) is 5.30. The highest BCUT2D eigenvalue weighted by atomic mass is 35.5. The van der Waals surface area contributed by atoms with Gasteiger partial charge < -0.3 is 10.4 Å². The van der Waals surface area contributed by atoms with Gasteiger partial charge in [0.25, 0.3) is 0 Å². The molecule has 2 aromatic carbocycles. The number of benzene rings is 2. The van der Waals surface area contributed by atoms with Crippen molar-refractivity contribution in [1.29, 1.82) is 0 Å². The van der Waals surface area contributed by atoms with Gasteiger partial charge in [0.1, 0.15) is 11.6 Å². The Morgan fingerprint density at radius 1 is 1.27 bits per heavy atom. The van der Waals surface area contributed by atoms with Gasteiger partial charge in [0.05, 0.1) is 11.4 Å². The third-order valence-electron chi connectivity index (χ3n) is 2.80. The number of para-hydroxylation sites is 1. The number of hydrogen-bond donors (Lipinski definition) is 3. The molecule has 0 saturated carbocycles. The zero-order valence-corrected chi connectivity index (χ0v) is 13.2. The fourth-order valence-electron chi connectivity index (χ4n) is 1.71. The van der Waals surface area contributed by atoms with Crippen molar-refractivity contribution in [2.45, 2.75) is 6.92 Å². The van der Waals surface area contributed by atoms with Gasteiger partial charge in [0.15, 0.2) is 5.11 Å². The maximum Gasteiger partial charge on any atom is 0.191 e. The third-order valence-corrected chi connectivity index (χ3v) is 3.22. The van der Waals surface area contributed by atoms with Crippen LogP contribution in [-0.2, 0) is 0 Å². The van der Waals surface area contributed by atoms with Crippen LogP contribution in [0, 0.1) is 5.82 Å². The van der Waals surface area contributed by atoms with Crippen LogP contribution < -0.4 is 10.7 Å². The van der Waals surface area contributed by atoms with Gasteiger partial charge in [-0.3, -0.25) is 5.43 Å². The summed E-state index contributed by atoms with van der Waals surface area (Å²) in [6, 6.07) is 10.8. The average Bonchev–Trinajstić information content (AvgIpc) is 2.49. The van der Waals surface area contributed by atoms with Crippen molar-refractivity contribution in [2.75, 3.05) is 5.32 Å². The Morgan fingerprint density at radius 3 is 2.73 bits per heavy atom. The molecule has 0 atom stereocenters. The molecule has 0 amide bonds. The van der Waals surface area contributed by atoms with Gasteiger partial charge >= 0.3 is 0 Å². The fourth-order valence-corrected chi connectivity index (χ4v) is 2.03. The van der Waals surface area contributed by atoms with Crippen LogP contribution in [0.3, 0.4) is 0 Å². The molecule has 4 nitrogen and oxygen atoms in total. The largest absolute Gasteiger partial charge is 0.507 e. The SMILES string of the molecule is C/C(=N\NC(=S)Nc1ccccc1F)c1cc(Cl)ccc1O. The number of thiocarbonyl (C=S) groups is 1. The summed E-state index contributed by atoms with van der Waals surface area (Å²) in [7, 11) is 0. The minimum Gasteiger partial charge on any atom is -0.507 e. The van der Waals surface area contributed by atoms with Gasteiger partial charge in [-0.15, -0.1) is 0 Å². The Labute approximate surface area is 137 Å². The maximum absolute atomic E-state index is 13.5. The summed E-state index contributed by atoms with van der Waals surface area (Å²) >= 11 is 10.9. The molecule has 22 heavy (non-hydrogen) atoms. The lowest BCUT2D eigenvalue weighted by Gasteiger charge is -2.09. The molecule has 0 fully saturated rings. The molecule has 2 aromatic rings. The van der Waals surface area contributed by atoms with Crippen molar-refractivity contribution in [3.8, 4) is 5.75 Å². The van der Waals surface area contributed by atoms with Crippen molar-refractivity contribution < 1.29 is 9.50 Å². The average molecular weight is 338 g/mol. The zero-order valence-electron chi connectivity index (χ0n) is 11.6. The number of nitrogens with one attached hydrogen (secondary N) is 2. The second-order valence-corrected chi connectivity index (χ2v) is 5.25. The number of aromatic hydroxyl groups is 1. The van der Waals surface area contributed by atoms with E-state index in [2.05, 4.69) is 15.8 Å². The molecule has 0 aliphatic heterocycles. The lowest BCUT2D eigenvalue weighted by Crippen LogP contribution is -2.25. The Hall–Kier alpha value is -2.18. The Bertz CT molecular complexity index is 736. The molecule has 0 spiro atoms. The number of anilines is 1. The predicted octanol–water partition coefficient (Wildman–Crippen LogP) is 3.90. The van der Waals surface area contributed by atoms with Gasteiger partial charge in [0, 0.05) is 10.6 Å². The molecule has 2 rings (SSSR count). The second kappa shape index (κ2) is 7.20. The molecule has 7 heteroatoms. The molecule has 0 bridgehead atoms. The quantitative estimate of drug-likeness (QED) is 0.452.